The number of rotatable bonds is 1. The van der Waals surface area contributed by atoms with Crippen molar-refractivity contribution in [2.24, 2.45) is 10.3 Å². The molecule has 0 amide bonds. The summed E-state index contributed by atoms with van der Waals surface area (Å²) in [6, 6.07) is 0. The van der Waals surface area contributed by atoms with Crippen molar-refractivity contribution in [3.8, 4) is 0 Å². The van der Waals surface area contributed by atoms with Crippen LogP contribution in [0.15, 0.2) is 15.4 Å². The number of allylic oxidation sites excluding steroid dienone is 1. The van der Waals surface area contributed by atoms with Crippen LogP contribution in [0.5, 0.6) is 0 Å². The van der Waals surface area contributed by atoms with Gasteiger partial charge in [0.25, 0.3) is 0 Å². The molecule has 0 radical (unpaired) electrons. The van der Waals surface area contributed by atoms with Crippen LogP contribution in [0.1, 0.15) is 20.3 Å². The minimum atomic E-state index is 0.684. The monoisotopic (exact) mass is 141 g/mol. The SMILES string of the molecule is CC(C)C1=CSN=CC1. The summed E-state index contributed by atoms with van der Waals surface area (Å²) >= 11 is 1.54. The maximum absolute atomic E-state index is 4.03. The molecule has 0 aromatic heterocycles. The summed E-state index contributed by atoms with van der Waals surface area (Å²) in [4.78, 5) is 0. The van der Waals surface area contributed by atoms with Crippen molar-refractivity contribution in [2.45, 2.75) is 20.3 Å². The van der Waals surface area contributed by atoms with Crippen molar-refractivity contribution in [2.75, 3.05) is 0 Å². The zero-order valence-electron chi connectivity index (χ0n) is 5.79. The fourth-order valence-corrected chi connectivity index (χ4v) is 1.43. The summed E-state index contributed by atoms with van der Waals surface area (Å²) in [6.45, 7) is 4.43. The Kier molecular flexibility index (Phi) is 2.34. The lowest BCUT2D eigenvalue weighted by Gasteiger charge is -2.09. The Morgan fingerprint density at radius 3 is 2.78 bits per heavy atom. The normalized spacial score (nSPS) is 18.3. The lowest BCUT2D eigenvalue weighted by molar-refractivity contribution is 0.758. The minimum Gasteiger partial charge on any atom is -0.224 e. The second-order valence-corrected chi connectivity index (χ2v) is 3.10. The van der Waals surface area contributed by atoms with E-state index in [0.717, 1.165) is 6.42 Å². The van der Waals surface area contributed by atoms with Crippen molar-refractivity contribution in [3.63, 3.8) is 0 Å². The fraction of sp³-hybridized carbons (Fsp3) is 0.571. The first-order chi connectivity index (χ1) is 4.30. The highest BCUT2D eigenvalue weighted by atomic mass is 32.2. The smallest absolute Gasteiger partial charge is 0.0171 e. The first kappa shape index (κ1) is 6.87. The van der Waals surface area contributed by atoms with Gasteiger partial charge in [-0.05, 0) is 11.3 Å². The van der Waals surface area contributed by atoms with Crippen LogP contribution < -0.4 is 0 Å². The Balaban J connectivity index is 2.50. The van der Waals surface area contributed by atoms with E-state index in [2.05, 4.69) is 23.7 Å². The zero-order chi connectivity index (χ0) is 6.69. The van der Waals surface area contributed by atoms with Crippen molar-refractivity contribution in [1.29, 1.82) is 0 Å². The van der Waals surface area contributed by atoms with E-state index >= 15 is 0 Å². The first-order valence-corrected chi connectivity index (χ1v) is 4.01. The van der Waals surface area contributed by atoms with Crippen molar-refractivity contribution in [1.82, 2.24) is 0 Å². The Labute approximate surface area is 60.4 Å². The summed E-state index contributed by atoms with van der Waals surface area (Å²) in [5, 5.41) is 2.14. The minimum absolute atomic E-state index is 0.684. The molecule has 50 valence electrons. The summed E-state index contributed by atoms with van der Waals surface area (Å²) in [5.74, 6) is 0.684. The average molecular weight is 141 g/mol. The van der Waals surface area contributed by atoms with Crippen molar-refractivity contribution >= 4 is 18.2 Å². The molecule has 0 N–H and O–H groups in total. The summed E-state index contributed by atoms with van der Waals surface area (Å²) in [5.41, 5.74) is 1.50. The molecule has 1 nitrogen and oxygen atoms in total. The van der Waals surface area contributed by atoms with Crippen LogP contribution in [0.25, 0.3) is 0 Å². The Bertz CT molecular complexity index is 147. The highest BCUT2D eigenvalue weighted by Gasteiger charge is 2.03. The average Bonchev–Trinajstić information content (AvgIpc) is 1.90. The molecule has 1 rings (SSSR count). The lowest BCUT2D eigenvalue weighted by atomic mass is 10.0. The highest BCUT2D eigenvalue weighted by Crippen LogP contribution is 2.21. The van der Waals surface area contributed by atoms with Gasteiger partial charge in [-0.2, -0.15) is 0 Å². The summed E-state index contributed by atoms with van der Waals surface area (Å²) < 4.78 is 4.03. The molecular weight excluding hydrogens is 130 g/mol. The maximum Gasteiger partial charge on any atom is 0.0171 e. The van der Waals surface area contributed by atoms with E-state index in [-0.39, 0.29) is 0 Å². The second kappa shape index (κ2) is 3.06. The van der Waals surface area contributed by atoms with E-state index in [0.29, 0.717) is 5.92 Å². The van der Waals surface area contributed by atoms with Crippen LogP contribution in [-0.2, 0) is 0 Å². The molecule has 0 saturated heterocycles. The van der Waals surface area contributed by atoms with E-state index in [9.17, 15) is 0 Å². The van der Waals surface area contributed by atoms with Gasteiger partial charge in [-0.15, -0.1) is 0 Å². The number of hydrogen-bond acceptors (Lipinski definition) is 2. The van der Waals surface area contributed by atoms with Gasteiger partial charge in [0.2, 0.25) is 0 Å². The van der Waals surface area contributed by atoms with E-state index in [1.54, 1.807) is 0 Å². The predicted octanol–water partition coefficient (Wildman–Crippen LogP) is 2.65. The molecule has 0 unspecified atom stereocenters. The molecule has 0 aromatic carbocycles. The van der Waals surface area contributed by atoms with Crippen LogP contribution >= 0.6 is 11.9 Å². The third-order valence-corrected chi connectivity index (χ3v) is 2.09. The molecule has 0 spiro atoms. The molecule has 0 bridgehead atoms. The molecule has 1 aliphatic heterocycles. The highest BCUT2D eigenvalue weighted by molar-refractivity contribution is 8.01. The third kappa shape index (κ3) is 1.86. The van der Waals surface area contributed by atoms with Gasteiger partial charge in [-0.25, -0.2) is 4.40 Å². The molecule has 9 heavy (non-hydrogen) atoms. The van der Waals surface area contributed by atoms with Gasteiger partial charge < -0.3 is 0 Å². The molecule has 0 fully saturated rings. The van der Waals surface area contributed by atoms with E-state index in [1.807, 2.05) is 6.21 Å². The quantitative estimate of drug-likeness (QED) is 0.511. The van der Waals surface area contributed by atoms with Crippen molar-refractivity contribution < 1.29 is 0 Å². The second-order valence-electron chi connectivity index (χ2n) is 2.44. The van der Waals surface area contributed by atoms with Gasteiger partial charge in [0, 0.05) is 24.6 Å². The Morgan fingerprint density at radius 1 is 1.67 bits per heavy atom. The topological polar surface area (TPSA) is 12.4 Å². The van der Waals surface area contributed by atoms with Gasteiger partial charge in [-0.1, -0.05) is 19.4 Å². The third-order valence-electron chi connectivity index (χ3n) is 1.41. The van der Waals surface area contributed by atoms with Crippen LogP contribution in [0.4, 0.5) is 0 Å². The Hall–Kier alpha value is -0.240. The van der Waals surface area contributed by atoms with E-state index < -0.39 is 0 Å². The molecular formula is C7H11NS. The van der Waals surface area contributed by atoms with Crippen LogP contribution in [0, 0.1) is 5.92 Å². The van der Waals surface area contributed by atoms with Gasteiger partial charge in [0.05, 0.1) is 0 Å². The van der Waals surface area contributed by atoms with E-state index in [4.69, 9.17) is 0 Å². The molecule has 2 heteroatoms. The summed E-state index contributed by atoms with van der Waals surface area (Å²) in [7, 11) is 0. The first-order valence-electron chi connectivity index (χ1n) is 3.17. The molecule has 0 aliphatic carbocycles. The number of nitrogens with zero attached hydrogens (tertiary/aromatic N) is 1. The van der Waals surface area contributed by atoms with E-state index in [1.165, 1.54) is 17.5 Å². The molecule has 0 saturated carbocycles. The van der Waals surface area contributed by atoms with Crippen LogP contribution in [0.3, 0.4) is 0 Å². The molecule has 0 aromatic rings. The number of hydrogen-bond donors (Lipinski definition) is 0. The molecule has 0 atom stereocenters. The molecule has 1 aliphatic rings. The standard InChI is InChI=1S/C7H11NS/c1-6(2)7-3-4-8-9-5-7/h4-6H,3H2,1-2H3. The Morgan fingerprint density at radius 2 is 2.44 bits per heavy atom. The zero-order valence-corrected chi connectivity index (χ0v) is 6.61. The largest absolute Gasteiger partial charge is 0.224 e. The van der Waals surface area contributed by atoms with Gasteiger partial charge in [0.15, 0.2) is 0 Å². The predicted molar refractivity (Wildman–Crippen MR) is 43.6 cm³/mol. The molecule has 1 heterocycles. The summed E-state index contributed by atoms with van der Waals surface area (Å²) in [6.07, 6.45) is 3.02. The van der Waals surface area contributed by atoms with Gasteiger partial charge in [0.1, 0.15) is 0 Å². The maximum atomic E-state index is 4.03. The van der Waals surface area contributed by atoms with Crippen LogP contribution in [0.2, 0.25) is 0 Å². The van der Waals surface area contributed by atoms with Crippen LogP contribution in [-0.4, -0.2) is 6.21 Å². The fourth-order valence-electron chi connectivity index (χ4n) is 0.704. The van der Waals surface area contributed by atoms with Gasteiger partial charge >= 0.3 is 0 Å². The lowest BCUT2D eigenvalue weighted by Crippen LogP contribution is -1.95. The van der Waals surface area contributed by atoms with Crippen molar-refractivity contribution in [3.05, 3.63) is 11.0 Å². The van der Waals surface area contributed by atoms with Gasteiger partial charge in [-0.3, -0.25) is 0 Å².